The third kappa shape index (κ3) is 6.81. The Labute approximate surface area is 117 Å². The van der Waals surface area contributed by atoms with Crippen molar-refractivity contribution in [1.82, 2.24) is 5.32 Å². The molecule has 0 radical (unpaired) electrons. The number of rotatable bonds is 4. The molecule has 1 amide bonds. The fourth-order valence-corrected chi connectivity index (χ4v) is 2.66. The van der Waals surface area contributed by atoms with Gasteiger partial charge in [-0.3, -0.25) is 0 Å². The van der Waals surface area contributed by atoms with Crippen molar-refractivity contribution in [3.63, 3.8) is 0 Å². The number of carbonyl (C=O) groups is 1. The molecule has 4 heteroatoms. The molecule has 0 aromatic rings. The molecule has 1 aliphatic carbocycles. The second-order valence-corrected chi connectivity index (χ2v) is 6.94. The minimum atomic E-state index is -0.455. The lowest BCUT2D eigenvalue weighted by atomic mass is 9.80. The predicted octanol–water partition coefficient (Wildman–Crippen LogP) is 3.05. The maximum atomic E-state index is 11.7. The maximum Gasteiger partial charge on any atom is 0.407 e. The molecule has 1 fully saturated rings. The summed E-state index contributed by atoms with van der Waals surface area (Å²) in [6, 6.07) is 0.0354. The van der Waals surface area contributed by atoms with E-state index in [-0.39, 0.29) is 12.1 Å². The van der Waals surface area contributed by atoms with Crippen molar-refractivity contribution in [1.29, 1.82) is 0 Å². The van der Waals surface area contributed by atoms with Crippen LogP contribution < -0.4 is 11.1 Å². The van der Waals surface area contributed by atoms with Crippen LogP contribution in [0.1, 0.15) is 59.8 Å². The zero-order chi connectivity index (χ0) is 14.5. The number of nitrogens with one attached hydrogen (secondary N) is 1. The molecule has 3 N–H and O–H groups in total. The number of carbonyl (C=O) groups excluding carboxylic acids is 1. The second-order valence-electron chi connectivity index (χ2n) is 6.94. The van der Waals surface area contributed by atoms with Gasteiger partial charge in [0.2, 0.25) is 0 Å². The van der Waals surface area contributed by atoms with Gasteiger partial charge in [0.05, 0.1) is 0 Å². The zero-order valence-corrected chi connectivity index (χ0v) is 12.9. The van der Waals surface area contributed by atoms with E-state index >= 15 is 0 Å². The van der Waals surface area contributed by atoms with Crippen LogP contribution in [0.15, 0.2) is 0 Å². The first-order valence-electron chi connectivity index (χ1n) is 7.49. The van der Waals surface area contributed by atoms with Crippen molar-refractivity contribution >= 4 is 6.09 Å². The summed E-state index contributed by atoms with van der Waals surface area (Å²) in [6.45, 7) is 8.40. The van der Waals surface area contributed by atoms with Gasteiger partial charge in [0.1, 0.15) is 5.60 Å². The molecular formula is C15H30N2O2. The Kier molecular flexibility index (Phi) is 6.11. The topological polar surface area (TPSA) is 64.3 Å². The molecule has 0 bridgehead atoms. The Balaban J connectivity index is 2.35. The average molecular weight is 270 g/mol. The zero-order valence-electron chi connectivity index (χ0n) is 12.9. The molecule has 19 heavy (non-hydrogen) atoms. The highest BCUT2D eigenvalue weighted by molar-refractivity contribution is 5.68. The van der Waals surface area contributed by atoms with Crippen molar-refractivity contribution in [3.8, 4) is 0 Å². The molecule has 0 heterocycles. The van der Waals surface area contributed by atoms with E-state index in [1.807, 2.05) is 20.8 Å². The minimum absolute atomic E-state index is 0.0354. The normalized spacial score (nSPS) is 25.7. The summed E-state index contributed by atoms with van der Waals surface area (Å²) in [5.41, 5.74) is 5.30. The summed E-state index contributed by atoms with van der Waals surface area (Å²) >= 11 is 0. The number of hydrogen-bond acceptors (Lipinski definition) is 3. The molecule has 0 aromatic carbocycles. The van der Waals surface area contributed by atoms with Crippen molar-refractivity contribution < 1.29 is 9.53 Å². The molecule has 0 spiro atoms. The summed E-state index contributed by atoms with van der Waals surface area (Å²) in [5, 5.41) is 2.90. The molecule has 4 nitrogen and oxygen atoms in total. The summed E-state index contributed by atoms with van der Waals surface area (Å²) in [7, 11) is 0. The highest BCUT2D eigenvalue weighted by atomic mass is 16.6. The van der Waals surface area contributed by atoms with Gasteiger partial charge in [0, 0.05) is 12.6 Å². The Morgan fingerprint density at radius 2 is 1.89 bits per heavy atom. The van der Waals surface area contributed by atoms with Gasteiger partial charge in [-0.25, -0.2) is 4.79 Å². The van der Waals surface area contributed by atoms with Crippen LogP contribution in [0.4, 0.5) is 4.79 Å². The molecule has 0 aliphatic heterocycles. The van der Waals surface area contributed by atoms with Crippen LogP contribution in [0.25, 0.3) is 0 Å². The monoisotopic (exact) mass is 270 g/mol. The van der Waals surface area contributed by atoms with Crippen LogP contribution in [0.5, 0.6) is 0 Å². The van der Waals surface area contributed by atoms with Gasteiger partial charge < -0.3 is 15.8 Å². The number of alkyl carbamates (subject to hydrolysis) is 1. The molecule has 1 aliphatic rings. The predicted molar refractivity (Wildman–Crippen MR) is 78.0 cm³/mol. The van der Waals surface area contributed by atoms with Gasteiger partial charge in [0.25, 0.3) is 0 Å². The highest BCUT2D eigenvalue weighted by Crippen LogP contribution is 2.31. The second kappa shape index (κ2) is 7.13. The van der Waals surface area contributed by atoms with Gasteiger partial charge in [-0.1, -0.05) is 32.6 Å². The average Bonchev–Trinajstić information content (AvgIpc) is 2.28. The Bertz CT molecular complexity index is 278. The summed E-state index contributed by atoms with van der Waals surface area (Å²) in [5.74, 6) is 1.55. The largest absolute Gasteiger partial charge is 0.444 e. The number of ether oxygens (including phenoxy) is 1. The van der Waals surface area contributed by atoms with Gasteiger partial charge in [-0.05, 0) is 39.0 Å². The minimum Gasteiger partial charge on any atom is -0.444 e. The van der Waals surface area contributed by atoms with Crippen LogP contribution in [-0.2, 0) is 4.74 Å². The third-order valence-corrected chi connectivity index (χ3v) is 3.76. The van der Waals surface area contributed by atoms with Crippen LogP contribution in [0.3, 0.4) is 0 Å². The lowest BCUT2D eigenvalue weighted by Crippen LogP contribution is -2.44. The number of hydrogen-bond donors (Lipinski definition) is 2. The molecule has 1 unspecified atom stereocenters. The van der Waals surface area contributed by atoms with Crippen LogP contribution in [-0.4, -0.2) is 24.3 Å². The van der Waals surface area contributed by atoms with E-state index in [9.17, 15) is 4.79 Å². The Morgan fingerprint density at radius 1 is 1.32 bits per heavy atom. The van der Waals surface area contributed by atoms with E-state index in [2.05, 4.69) is 12.2 Å². The van der Waals surface area contributed by atoms with Gasteiger partial charge in [-0.2, -0.15) is 0 Å². The lowest BCUT2D eigenvalue weighted by molar-refractivity contribution is 0.0496. The quantitative estimate of drug-likeness (QED) is 0.825. The summed E-state index contributed by atoms with van der Waals surface area (Å²) in [4.78, 5) is 11.7. The van der Waals surface area contributed by atoms with E-state index in [1.165, 1.54) is 25.7 Å². The van der Waals surface area contributed by atoms with E-state index in [0.717, 1.165) is 12.3 Å². The van der Waals surface area contributed by atoms with Crippen LogP contribution in [0, 0.1) is 11.8 Å². The molecule has 1 rings (SSSR count). The van der Waals surface area contributed by atoms with Crippen molar-refractivity contribution in [3.05, 3.63) is 0 Å². The smallest absolute Gasteiger partial charge is 0.407 e. The lowest BCUT2D eigenvalue weighted by Gasteiger charge is -2.30. The number of amides is 1. The Hall–Kier alpha value is -0.770. The van der Waals surface area contributed by atoms with Crippen LogP contribution in [0.2, 0.25) is 0 Å². The fourth-order valence-electron chi connectivity index (χ4n) is 2.66. The van der Waals surface area contributed by atoms with Gasteiger partial charge >= 0.3 is 6.09 Å². The van der Waals surface area contributed by atoms with E-state index in [0.29, 0.717) is 12.5 Å². The van der Waals surface area contributed by atoms with Crippen LogP contribution >= 0.6 is 0 Å². The first kappa shape index (κ1) is 16.3. The molecular weight excluding hydrogens is 240 g/mol. The standard InChI is InChI=1S/C15H30N2O2/c1-11-5-7-12(8-6-11)9-13(10-16)17-14(18)19-15(2,3)4/h11-13H,5-10,16H2,1-4H3,(H,17,18). The maximum absolute atomic E-state index is 11.7. The van der Waals surface area contributed by atoms with Gasteiger partial charge in [0.15, 0.2) is 0 Å². The molecule has 0 saturated heterocycles. The molecule has 1 saturated carbocycles. The SMILES string of the molecule is CC1CCC(CC(CN)NC(=O)OC(C)(C)C)CC1. The highest BCUT2D eigenvalue weighted by Gasteiger charge is 2.24. The molecule has 1 atom stereocenters. The summed E-state index contributed by atoms with van der Waals surface area (Å²) < 4.78 is 5.27. The van der Waals surface area contributed by atoms with E-state index < -0.39 is 5.60 Å². The Morgan fingerprint density at radius 3 is 2.37 bits per heavy atom. The first-order valence-corrected chi connectivity index (χ1v) is 7.49. The summed E-state index contributed by atoms with van der Waals surface area (Å²) in [6.07, 6.45) is 5.74. The van der Waals surface area contributed by atoms with Crippen molar-refractivity contribution in [2.24, 2.45) is 17.6 Å². The fraction of sp³-hybridized carbons (Fsp3) is 0.933. The van der Waals surface area contributed by atoms with E-state index in [1.54, 1.807) is 0 Å². The first-order chi connectivity index (χ1) is 8.80. The molecule has 0 aromatic heterocycles. The third-order valence-electron chi connectivity index (χ3n) is 3.76. The van der Waals surface area contributed by atoms with Gasteiger partial charge in [-0.15, -0.1) is 0 Å². The number of nitrogens with two attached hydrogens (primary N) is 1. The van der Waals surface area contributed by atoms with Crippen molar-refractivity contribution in [2.75, 3.05) is 6.54 Å². The molecule has 112 valence electrons. The van der Waals surface area contributed by atoms with Crippen molar-refractivity contribution in [2.45, 2.75) is 71.4 Å². The van der Waals surface area contributed by atoms with E-state index in [4.69, 9.17) is 10.5 Å².